The summed E-state index contributed by atoms with van der Waals surface area (Å²) in [5.41, 5.74) is 1.48. The van der Waals surface area contributed by atoms with Gasteiger partial charge in [0.1, 0.15) is 0 Å². The Kier molecular flexibility index (Phi) is 11.9. The van der Waals surface area contributed by atoms with Gasteiger partial charge in [0, 0.05) is 36.5 Å². The van der Waals surface area contributed by atoms with Crippen LogP contribution in [-0.2, 0) is 33.5 Å². The van der Waals surface area contributed by atoms with E-state index in [1.54, 1.807) is 6.82 Å². The van der Waals surface area contributed by atoms with Crippen molar-refractivity contribution in [3.05, 3.63) is 36.5 Å². The van der Waals surface area contributed by atoms with Crippen molar-refractivity contribution in [3.63, 3.8) is 0 Å². The van der Waals surface area contributed by atoms with E-state index in [2.05, 4.69) is 9.96 Å². The van der Waals surface area contributed by atoms with Gasteiger partial charge in [-0.25, -0.2) is 19.2 Å². The van der Waals surface area contributed by atoms with Gasteiger partial charge < -0.3 is 25.9 Å². The van der Waals surface area contributed by atoms with Crippen molar-refractivity contribution in [2.24, 2.45) is 5.73 Å². The third kappa shape index (κ3) is 20.3. The number of aliphatic carboxylic acids is 2. The highest BCUT2D eigenvalue weighted by molar-refractivity contribution is 6.36. The summed E-state index contributed by atoms with van der Waals surface area (Å²) >= 11 is 0. The molecule has 1 aliphatic heterocycles. The van der Waals surface area contributed by atoms with Gasteiger partial charge in [-0.05, 0) is 0 Å². The number of primary amides is 1. The van der Waals surface area contributed by atoms with Crippen LogP contribution in [-0.4, -0.2) is 53.3 Å². The quantitative estimate of drug-likeness (QED) is 0.190. The van der Waals surface area contributed by atoms with Crippen LogP contribution in [0.4, 0.5) is 0 Å². The van der Waals surface area contributed by atoms with Crippen LogP contribution in [0.15, 0.2) is 36.5 Å². The van der Waals surface area contributed by atoms with E-state index in [4.69, 9.17) is 11.6 Å². The first-order valence-electron chi connectivity index (χ1n) is 6.68. The van der Waals surface area contributed by atoms with E-state index in [9.17, 15) is 28.8 Å². The van der Waals surface area contributed by atoms with E-state index in [1.165, 1.54) is 13.1 Å². The molecule has 0 bridgehead atoms. The first kappa shape index (κ1) is 21.3. The van der Waals surface area contributed by atoms with E-state index in [0.717, 1.165) is 30.4 Å². The molecule has 0 saturated carbocycles. The number of carboxylic acid groups (broad SMARTS) is 2. The van der Waals surface area contributed by atoms with Gasteiger partial charge in [-0.3, -0.25) is 9.59 Å². The van der Waals surface area contributed by atoms with Crippen molar-refractivity contribution < 1.29 is 45.1 Å². The van der Waals surface area contributed by atoms with Gasteiger partial charge in [0.15, 0.2) is 1.41 Å². The Labute approximate surface area is 143 Å². The second-order valence-corrected chi connectivity index (χ2v) is 3.58. The lowest BCUT2D eigenvalue weighted by molar-refractivity contribution is -0.150. The van der Waals surface area contributed by atoms with Crippen molar-refractivity contribution >= 4 is 43.1 Å². The number of rotatable bonds is 5. The highest BCUT2D eigenvalue weighted by Crippen LogP contribution is 1.92. The average molecular weight is 354 g/mol. The van der Waals surface area contributed by atoms with Crippen LogP contribution in [0.3, 0.4) is 0 Å². The largest absolute Gasteiger partial charge is 0.478 e. The minimum Gasteiger partial charge on any atom is -0.478 e. The topological polar surface area (TPSA) is 190 Å². The van der Waals surface area contributed by atoms with Crippen LogP contribution in [0.25, 0.3) is 0 Å². The molecule has 2 amide bonds. The lowest BCUT2D eigenvalue weighted by Gasteiger charge is -1.90. The Balaban J connectivity index is 0. The third-order valence-corrected chi connectivity index (χ3v) is 1.60. The summed E-state index contributed by atoms with van der Waals surface area (Å²) in [6, 6.07) is 0. The second kappa shape index (κ2) is 13.9. The molecule has 5 N–H and O–H groups in total. The Morgan fingerprint density at radius 2 is 1.56 bits per heavy atom. The number of ether oxygens (including phenoxy) is 1. The monoisotopic (exact) mass is 354 g/mol. The maximum atomic E-state index is 10.5. The van der Waals surface area contributed by atoms with Gasteiger partial charge in [-0.1, -0.05) is 6.82 Å². The number of carbonyl (C=O) groups excluding carboxylic acids is 4. The molecule has 12 heteroatoms. The molecule has 1 heterocycles. The minimum atomic E-state index is -1.21. The number of amides is 2. The van der Waals surface area contributed by atoms with E-state index < -0.39 is 35.7 Å². The number of esters is 2. The normalized spacial score (nSPS) is 12.1. The first-order chi connectivity index (χ1) is 12.1. The Morgan fingerprint density at radius 1 is 1.08 bits per heavy atom. The molecule has 1 aliphatic rings. The molecule has 0 fully saturated rings. The van der Waals surface area contributed by atoms with Gasteiger partial charge in [0.2, 0.25) is 19.2 Å². The molecule has 0 aromatic heterocycles. The summed E-state index contributed by atoms with van der Waals surface area (Å²) in [6.45, 7) is 1.63. The van der Waals surface area contributed by atoms with Crippen molar-refractivity contribution in [2.45, 2.75) is 6.82 Å². The average Bonchev–Trinajstić information content (AvgIpc) is 2.95. The number of nitrogens with one attached hydrogen (secondary N) is 1. The van der Waals surface area contributed by atoms with Crippen LogP contribution < -0.4 is 11.0 Å². The number of carbonyl (C=O) groups is 6. The Morgan fingerprint density at radius 3 is 1.88 bits per heavy atom. The highest BCUT2D eigenvalue weighted by atomic mass is 16.6. The summed E-state index contributed by atoms with van der Waals surface area (Å²) in [6.07, 6.45) is 5.31. The fourth-order valence-corrected chi connectivity index (χ4v) is 0.788. The van der Waals surface area contributed by atoms with E-state index in [1.807, 2.05) is 0 Å². The standard InChI is InChI=1S/C5H7BNO3.C4H5NO3.C4H2O3/c1-6-7-4(8)2-3-5(9)10;5-3(6)1-2-4(7)8;5-3-1-2-4(6)7-3/h2-3H,1H3,(H,7,8)(H,9,10);1-2H,(H2,5,6)(H,7,8);1-2H/b3-2+;2-1-;/i/hD. The zero-order valence-electron chi connectivity index (χ0n) is 13.8. The Hall–Kier alpha value is -3.70. The highest BCUT2D eigenvalue weighted by Gasteiger charge is 2.10. The molecule has 1 radical (unpaired) electrons. The molecular weight excluding hydrogens is 339 g/mol. The smallest absolute Gasteiger partial charge is 0.338 e. The number of carboxylic acids is 2. The van der Waals surface area contributed by atoms with Crippen LogP contribution in [0.5, 0.6) is 0 Å². The number of cyclic esters (lactones) is 2. The zero-order valence-corrected chi connectivity index (χ0v) is 12.8. The number of hydrogen-bond acceptors (Lipinski definition) is 7. The molecule has 0 aromatic rings. The van der Waals surface area contributed by atoms with Gasteiger partial charge in [0.25, 0.3) is 0 Å². The fraction of sp³-hybridized carbons (Fsp3) is 0.0769. The predicted molar refractivity (Wildman–Crippen MR) is 82.7 cm³/mol. The van der Waals surface area contributed by atoms with Gasteiger partial charge in [-0.2, -0.15) is 0 Å². The van der Waals surface area contributed by atoms with Gasteiger partial charge >= 0.3 is 23.9 Å². The maximum Gasteiger partial charge on any atom is 0.338 e. The fourth-order valence-electron chi connectivity index (χ4n) is 0.788. The molecule has 0 spiro atoms. The zero-order chi connectivity index (χ0) is 20.5. The molecule has 0 saturated heterocycles. The summed E-state index contributed by atoms with van der Waals surface area (Å²) in [4.78, 5) is 59.9. The molecule has 0 atom stereocenters. The molecule has 11 nitrogen and oxygen atoms in total. The second-order valence-electron chi connectivity index (χ2n) is 3.58. The van der Waals surface area contributed by atoms with Crippen LogP contribution in [0.1, 0.15) is 0 Å². The summed E-state index contributed by atoms with van der Waals surface area (Å²) in [5, 5.41) is 18.3. The van der Waals surface area contributed by atoms with Gasteiger partial charge in [-0.15, -0.1) is 0 Å². The van der Waals surface area contributed by atoms with E-state index in [0.29, 0.717) is 6.08 Å². The minimum absolute atomic E-state index is 0.440. The molecule has 1 rings (SSSR count). The number of hydrogen-bond donors (Lipinski definition) is 4. The Bertz CT molecular complexity index is 628. The third-order valence-electron chi connectivity index (χ3n) is 1.60. The summed E-state index contributed by atoms with van der Waals surface area (Å²) < 4.78 is 10.2. The van der Waals surface area contributed by atoms with Crippen molar-refractivity contribution in [1.82, 2.24) is 5.23 Å². The molecule has 133 valence electrons. The molecule has 0 unspecified atom stereocenters. The molecular formula is C13H14BN2O9. The van der Waals surface area contributed by atoms with Gasteiger partial charge in [0.05, 0.1) is 0 Å². The number of nitrogens with two attached hydrogens (primary N) is 1. The predicted octanol–water partition coefficient (Wildman–Crippen LogP) is -1.85. The first-order valence-corrected chi connectivity index (χ1v) is 6.18. The molecule has 0 aliphatic carbocycles. The summed E-state index contributed by atoms with van der Waals surface area (Å²) in [7, 11) is 1.43. The van der Waals surface area contributed by atoms with Crippen LogP contribution in [0, 0.1) is 0 Å². The lowest BCUT2D eigenvalue weighted by Crippen LogP contribution is -2.22. The van der Waals surface area contributed by atoms with Crippen LogP contribution >= 0.6 is 0 Å². The maximum absolute atomic E-state index is 10.5. The SMILES string of the molecule is C[B]NC(=O)/C=C/C(=O)O.O=C1C=CC(=O)O1.[2H]NC(=O)/C=C\C(=O)O. The van der Waals surface area contributed by atoms with E-state index >= 15 is 0 Å². The van der Waals surface area contributed by atoms with Crippen molar-refractivity contribution in [2.75, 3.05) is 0 Å². The van der Waals surface area contributed by atoms with Crippen molar-refractivity contribution in [1.29, 1.82) is 0 Å². The summed E-state index contributed by atoms with van der Waals surface area (Å²) in [5.74, 6) is -4.69. The van der Waals surface area contributed by atoms with E-state index in [-0.39, 0.29) is 0 Å². The molecule has 25 heavy (non-hydrogen) atoms. The van der Waals surface area contributed by atoms with Crippen molar-refractivity contribution in [3.8, 4) is 0 Å². The van der Waals surface area contributed by atoms with Crippen LogP contribution in [0.2, 0.25) is 8.23 Å². The molecule has 0 aromatic carbocycles. The lowest BCUT2D eigenvalue weighted by atomic mass is 10.0.